The van der Waals surface area contributed by atoms with Crippen molar-refractivity contribution in [2.45, 2.75) is 131 Å². The van der Waals surface area contributed by atoms with Crippen molar-refractivity contribution in [3.63, 3.8) is 0 Å². The molecule has 0 aliphatic carbocycles. The van der Waals surface area contributed by atoms with E-state index in [0.717, 1.165) is 61.8 Å². The maximum Gasteiger partial charge on any atom is 0.333 e. The van der Waals surface area contributed by atoms with E-state index in [9.17, 15) is 0 Å². The molecule has 6 heteroatoms. The normalized spacial score (nSPS) is 13.7. The molecule has 4 heterocycles. The molecule has 0 radical (unpaired) electrons. The van der Waals surface area contributed by atoms with Gasteiger partial charge in [-0.3, -0.25) is 0 Å². The number of para-hydroxylation sites is 1. The molecule has 0 atom stereocenters. The molecule has 428 valence electrons. The van der Waals surface area contributed by atoms with Gasteiger partial charge in [-0.15, -0.1) is 11.3 Å². The number of furan rings is 1. The minimum atomic E-state index is -0.227. The molecule has 2 aromatic heterocycles. The summed E-state index contributed by atoms with van der Waals surface area (Å²) in [4.78, 5) is 7.71. The summed E-state index contributed by atoms with van der Waals surface area (Å²) in [5.74, 6) is 0. The van der Waals surface area contributed by atoms with Crippen LogP contribution in [-0.4, -0.2) is 6.85 Å². The molecule has 0 saturated heterocycles. The summed E-state index contributed by atoms with van der Waals surface area (Å²) in [5.41, 5.74) is 24.5. The maximum absolute atomic E-state index is 7.38. The molecule has 0 unspecified atom stereocenters. The van der Waals surface area contributed by atoms with Crippen molar-refractivity contribution < 1.29 is 4.42 Å². The first kappa shape index (κ1) is 55.6. The van der Waals surface area contributed by atoms with Crippen LogP contribution in [0.1, 0.15) is 132 Å². The van der Waals surface area contributed by atoms with E-state index in [2.05, 4.69) is 319 Å². The third kappa shape index (κ3) is 9.25. The second-order valence-electron chi connectivity index (χ2n) is 29.5. The zero-order valence-corrected chi connectivity index (χ0v) is 53.6. The van der Waals surface area contributed by atoms with Gasteiger partial charge in [0.05, 0.1) is 11.4 Å². The van der Waals surface area contributed by atoms with Gasteiger partial charge in [0.2, 0.25) is 0 Å². The minimum Gasteiger partial charge on any atom is -0.454 e. The molecular weight excluding hydrogens is 1060 g/mol. The number of hydrogen-bond acceptors (Lipinski definition) is 5. The molecule has 14 rings (SSSR count). The molecule has 0 fully saturated rings. The van der Waals surface area contributed by atoms with E-state index in [1.54, 1.807) is 0 Å². The maximum atomic E-state index is 7.38. The summed E-state index contributed by atoms with van der Waals surface area (Å²) in [6, 6.07) is 76.8. The number of hydrogen-bond donors (Lipinski definition) is 0. The third-order valence-electron chi connectivity index (χ3n) is 18.4. The van der Waals surface area contributed by atoms with E-state index in [1.165, 1.54) is 86.9 Å². The predicted molar refractivity (Wildman–Crippen MR) is 374 cm³/mol. The summed E-state index contributed by atoms with van der Waals surface area (Å²) in [7, 11) is 0. The highest BCUT2D eigenvalue weighted by Gasteiger charge is 2.48. The molecule has 12 aromatic rings. The Morgan fingerprint density at radius 1 is 0.384 bits per heavy atom. The zero-order chi connectivity index (χ0) is 60.1. The molecule has 0 bridgehead atoms. The lowest BCUT2D eigenvalue weighted by Gasteiger charge is -2.46. The summed E-state index contributed by atoms with van der Waals surface area (Å²) in [6.45, 7) is 34.4. The van der Waals surface area contributed by atoms with Gasteiger partial charge in [-0.2, -0.15) is 0 Å². The molecule has 0 spiro atoms. The van der Waals surface area contributed by atoms with Crippen LogP contribution in [0.3, 0.4) is 0 Å². The van der Waals surface area contributed by atoms with Gasteiger partial charge in [0, 0.05) is 76.2 Å². The molecule has 0 amide bonds. The number of benzene rings is 10. The monoisotopic (exact) mass is 1140 g/mol. The summed E-state index contributed by atoms with van der Waals surface area (Å²) >= 11 is 1.89. The molecular formula is C80H78BN3OS. The average Bonchev–Trinajstić information content (AvgIpc) is 1.09. The standard InChI is InChI=1S/C80H78BN3OS/c1-76(2,3)50-25-33-55(34-26-50)82(56-35-27-51(28-36-56)77(4,5)6)58-39-42-71-62(45-58)63-46-61-64-47-65-59-23-19-20-24-70(59)85-75(65)74-73(64)81(84(69(61)48-72(63)86-71)57-37-29-52(30-38-57)78(7,8)9)66-44-54(80(13,14)15)32-41-68(66)83(74)67-40-31-53(79(10,11)12)43-60(67)49-21-17-16-18-22-49/h16-48H,1-15H3. The quantitative estimate of drug-likeness (QED) is 0.155. The highest BCUT2D eigenvalue weighted by molar-refractivity contribution is 7.25. The third-order valence-corrected chi connectivity index (χ3v) is 19.6. The van der Waals surface area contributed by atoms with Crippen LogP contribution >= 0.6 is 11.3 Å². The van der Waals surface area contributed by atoms with E-state index in [1.807, 2.05) is 11.3 Å². The van der Waals surface area contributed by atoms with Crippen LogP contribution in [0.25, 0.3) is 64.4 Å². The van der Waals surface area contributed by atoms with Crippen molar-refractivity contribution in [2.75, 3.05) is 14.6 Å². The van der Waals surface area contributed by atoms with Gasteiger partial charge >= 0.3 is 6.85 Å². The van der Waals surface area contributed by atoms with Crippen LogP contribution in [0.4, 0.5) is 45.5 Å². The van der Waals surface area contributed by atoms with Gasteiger partial charge in [0.25, 0.3) is 0 Å². The van der Waals surface area contributed by atoms with Crippen molar-refractivity contribution in [1.82, 2.24) is 0 Å². The van der Waals surface area contributed by atoms with Crippen LogP contribution in [0.5, 0.6) is 0 Å². The predicted octanol–water partition coefficient (Wildman–Crippen LogP) is 22.3. The molecule has 2 aliphatic rings. The van der Waals surface area contributed by atoms with Gasteiger partial charge in [-0.1, -0.05) is 207 Å². The zero-order valence-electron chi connectivity index (χ0n) is 52.8. The van der Waals surface area contributed by atoms with Crippen molar-refractivity contribution in [3.8, 4) is 22.3 Å². The lowest BCUT2D eigenvalue weighted by Crippen LogP contribution is -2.61. The van der Waals surface area contributed by atoms with Crippen molar-refractivity contribution in [2.24, 2.45) is 0 Å². The van der Waals surface area contributed by atoms with Crippen LogP contribution in [0.2, 0.25) is 0 Å². The number of anilines is 8. The second kappa shape index (κ2) is 19.6. The molecule has 2 aliphatic heterocycles. The Labute approximate surface area is 513 Å². The first-order chi connectivity index (χ1) is 40.8. The van der Waals surface area contributed by atoms with E-state index in [0.29, 0.717) is 0 Å². The van der Waals surface area contributed by atoms with Gasteiger partial charge in [-0.05, 0) is 174 Å². The molecule has 0 saturated carbocycles. The van der Waals surface area contributed by atoms with E-state index >= 15 is 0 Å². The van der Waals surface area contributed by atoms with E-state index < -0.39 is 0 Å². The lowest BCUT2D eigenvalue weighted by atomic mass is 9.43. The van der Waals surface area contributed by atoms with Gasteiger partial charge in [0.15, 0.2) is 5.58 Å². The fourth-order valence-corrected chi connectivity index (χ4v) is 14.5. The van der Waals surface area contributed by atoms with Crippen LogP contribution in [0, 0.1) is 0 Å². The number of thiophene rings is 1. The van der Waals surface area contributed by atoms with Gasteiger partial charge in [0.1, 0.15) is 5.58 Å². The number of rotatable bonds is 6. The first-order valence-electron chi connectivity index (χ1n) is 30.8. The Balaban J connectivity index is 1.09. The van der Waals surface area contributed by atoms with Crippen molar-refractivity contribution in [1.29, 1.82) is 0 Å². The first-order valence-corrected chi connectivity index (χ1v) is 31.7. The summed E-state index contributed by atoms with van der Waals surface area (Å²) < 4.78 is 9.90. The van der Waals surface area contributed by atoms with Crippen LogP contribution in [-0.2, 0) is 27.1 Å². The Morgan fingerprint density at radius 3 is 1.50 bits per heavy atom. The molecule has 0 N–H and O–H groups in total. The van der Waals surface area contributed by atoms with E-state index in [-0.39, 0.29) is 33.9 Å². The molecule has 4 nitrogen and oxygen atoms in total. The molecule has 86 heavy (non-hydrogen) atoms. The highest BCUT2D eigenvalue weighted by atomic mass is 32.1. The summed E-state index contributed by atoms with van der Waals surface area (Å²) in [6.07, 6.45) is 0. The molecule has 10 aromatic carbocycles. The SMILES string of the molecule is CC(C)(C)c1ccc(N2B3c4cc(C(C)(C)C)ccc4N(c4ccc(C(C)(C)C)cc4-c4ccccc4)c4c3c(cc3c4oc4ccccc43)-c3cc4c(cc32)sc2ccc(N(c3ccc(C(C)(C)C)cc3)c3ccc(C(C)(C)C)cc3)cc24)cc1. The average molecular weight is 1140 g/mol. The topological polar surface area (TPSA) is 22.9 Å². The summed E-state index contributed by atoms with van der Waals surface area (Å²) in [5, 5.41) is 4.71. The fraction of sp³-hybridized carbons (Fsp3) is 0.250. The highest BCUT2D eigenvalue weighted by Crippen LogP contribution is 2.55. The van der Waals surface area contributed by atoms with Crippen molar-refractivity contribution >= 4 is 117 Å². The smallest absolute Gasteiger partial charge is 0.333 e. The fourth-order valence-electron chi connectivity index (χ4n) is 13.4. The van der Waals surface area contributed by atoms with E-state index in [4.69, 9.17) is 4.42 Å². The Bertz CT molecular complexity index is 4590. The second-order valence-corrected chi connectivity index (χ2v) is 30.6. The van der Waals surface area contributed by atoms with Crippen LogP contribution < -0.4 is 25.5 Å². The van der Waals surface area contributed by atoms with Crippen molar-refractivity contribution in [3.05, 3.63) is 228 Å². The van der Waals surface area contributed by atoms with Crippen LogP contribution in [0.15, 0.2) is 205 Å². The number of fused-ring (bicyclic) bond motifs is 11. The van der Waals surface area contributed by atoms with Gasteiger partial charge in [-0.25, -0.2) is 0 Å². The Hall–Kier alpha value is -8.32. The Morgan fingerprint density at radius 2 is 0.895 bits per heavy atom. The number of nitrogens with zero attached hydrogens (tertiary/aromatic N) is 3. The van der Waals surface area contributed by atoms with Gasteiger partial charge < -0.3 is 19.0 Å². The lowest BCUT2D eigenvalue weighted by molar-refractivity contribution is 0.590. The Kier molecular flexibility index (Phi) is 12.7. The largest absolute Gasteiger partial charge is 0.454 e. The minimum absolute atomic E-state index is 0.0209.